The Morgan fingerprint density at radius 2 is 1.86 bits per heavy atom. The first-order chi connectivity index (χ1) is 6.22. The topological polar surface area (TPSA) is 12.0 Å². The molecule has 0 saturated heterocycles. The van der Waals surface area contributed by atoms with Crippen LogP contribution in [0.1, 0.15) is 25.8 Å². The Hall–Kier alpha value is -0.600. The molecule has 0 spiro atoms. The Kier molecular flexibility index (Phi) is 6.50. The second-order valence-electron chi connectivity index (χ2n) is 3.32. The van der Waals surface area contributed by atoms with Gasteiger partial charge >= 0.3 is 0 Å². The number of hydrogen-bond donors (Lipinski definition) is 1. The number of hydrogen-bond acceptors (Lipinski definition) is 1. The molecule has 0 aromatic heterocycles. The van der Waals surface area contributed by atoms with E-state index in [9.17, 15) is 4.39 Å². The van der Waals surface area contributed by atoms with Gasteiger partial charge in [0.25, 0.3) is 0 Å². The van der Waals surface area contributed by atoms with Gasteiger partial charge in [0.1, 0.15) is 5.82 Å². The number of halogens is 2. The zero-order valence-electron chi connectivity index (χ0n) is 8.56. The van der Waals surface area contributed by atoms with Crippen molar-refractivity contribution >= 4 is 0 Å². The molecular formula is C11H16ClFN-. The van der Waals surface area contributed by atoms with E-state index in [1.54, 1.807) is 0 Å². The van der Waals surface area contributed by atoms with Gasteiger partial charge in [0.15, 0.2) is 0 Å². The Morgan fingerprint density at radius 1 is 1.29 bits per heavy atom. The Balaban J connectivity index is 0.00000169. The lowest BCUT2D eigenvalue weighted by molar-refractivity contribution is -0.00000352. The van der Waals surface area contributed by atoms with Gasteiger partial charge in [-0.3, -0.25) is 0 Å². The fraction of sp³-hybridized carbons (Fsp3) is 0.455. The first kappa shape index (κ1) is 13.4. The van der Waals surface area contributed by atoms with E-state index < -0.39 is 0 Å². The predicted molar refractivity (Wildman–Crippen MR) is 53.0 cm³/mol. The van der Waals surface area contributed by atoms with Gasteiger partial charge in [-0.1, -0.05) is 19.1 Å². The molecular weight excluding hydrogens is 201 g/mol. The Morgan fingerprint density at radius 3 is 2.36 bits per heavy atom. The second-order valence-corrected chi connectivity index (χ2v) is 3.32. The smallest absolute Gasteiger partial charge is 0.123 e. The highest BCUT2D eigenvalue weighted by Crippen LogP contribution is 2.02. The van der Waals surface area contributed by atoms with Gasteiger partial charge in [-0.15, -0.1) is 0 Å². The second kappa shape index (κ2) is 6.80. The molecule has 80 valence electrons. The fourth-order valence-corrected chi connectivity index (χ4v) is 1.04. The minimum absolute atomic E-state index is 0. The van der Waals surface area contributed by atoms with Crippen LogP contribution in [0.3, 0.4) is 0 Å². The first-order valence-corrected chi connectivity index (χ1v) is 4.70. The SMILES string of the molecule is CCC(C)NCc1ccc(F)cc1.[Cl-]. The van der Waals surface area contributed by atoms with Crippen molar-refractivity contribution in [1.82, 2.24) is 5.32 Å². The summed E-state index contributed by atoms with van der Waals surface area (Å²) in [6.45, 7) is 5.10. The summed E-state index contributed by atoms with van der Waals surface area (Å²) >= 11 is 0. The molecule has 1 nitrogen and oxygen atoms in total. The number of rotatable bonds is 4. The van der Waals surface area contributed by atoms with Crippen LogP contribution < -0.4 is 17.7 Å². The molecule has 1 N–H and O–H groups in total. The van der Waals surface area contributed by atoms with Gasteiger partial charge in [0.2, 0.25) is 0 Å². The summed E-state index contributed by atoms with van der Waals surface area (Å²) in [5, 5.41) is 3.35. The van der Waals surface area contributed by atoms with Crippen molar-refractivity contribution in [1.29, 1.82) is 0 Å². The minimum Gasteiger partial charge on any atom is -1.00 e. The summed E-state index contributed by atoms with van der Waals surface area (Å²) in [5.41, 5.74) is 1.13. The molecule has 0 saturated carbocycles. The van der Waals surface area contributed by atoms with Crippen LogP contribution in [-0.2, 0) is 6.54 Å². The quantitative estimate of drug-likeness (QED) is 0.730. The molecule has 1 aromatic carbocycles. The summed E-state index contributed by atoms with van der Waals surface area (Å²) < 4.78 is 12.5. The maximum absolute atomic E-state index is 12.5. The van der Waals surface area contributed by atoms with Gasteiger partial charge in [0, 0.05) is 12.6 Å². The maximum atomic E-state index is 12.5. The van der Waals surface area contributed by atoms with Crippen molar-refractivity contribution in [3.8, 4) is 0 Å². The van der Waals surface area contributed by atoms with Crippen molar-refractivity contribution in [3.63, 3.8) is 0 Å². The van der Waals surface area contributed by atoms with E-state index in [0.29, 0.717) is 6.04 Å². The summed E-state index contributed by atoms with van der Waals surface area (Å²) in [6.07, 6.45) is 1.11. The average molecular weight is 217 g/mol. The standard InChI is InChI=1S/C11H16FN.ClH/c1-3-9(2)13-8-10-4-6-11(12)7-5-10;/h4-7,9,13H,3,8H2,1-2H3;1H/p-1. The molecule has 14 heavy (non-hydrogen) atoms. The molecule has 0 aliphatic heterocycles. The van der Waals surface area contributed by atoms with Crippen LogP contribution in [0, 0.1) is 5.82 Å². The molecule has 0 fully saturated rings. The summed E-state index contributed by atoms with van der Waals surface area (Å²) in [5.74, 6) is -0.174. The van der Waals surface area contributed by atoms with E-state index in [0.717, 1.165) is 18.5 Å². The molecule has 3 heteroatoms. The van der Waals surface area contributed by atoms with E-state index in [4.69, 9.17) is 0 Å². The largest absolute Gasteiger partial charge is 1.00 e. The third kappa shape index (κ3) is 4.58. The van der Waals surface area contributed by atoms with Gasteiger partial charge in [0.05, 0.1) is 0 Å². The zero-order valence-corrected chi connectivity index (χ0v) is 9.31. The molecule has 0 aliphatic carbocycles. The fourth-order valence-electron chi connectivity index (χ4n) is 1.04. The average Bonchev–Trinajstić information content (AvgIpc) is 2.16. The van der Waals surface area contributed by atoms with Gasteiger partial charge in [-0.2, -0.15) is 0 Å². The van der Waals surface area contributed by atoms with E-state index >= 15 is 0 Å². The third-order valence-electron chi connectivity index (χ3n) is 2.18. The highest BCUT2D eigenvalue weighted by atomic mass is 35.5. The van der Waals surface area contributed by atoms with E-state index in [1.165, 1.54) is 12.1 Å². The molecule has 1 unspecified atom stereocenters. The van der Waals surface area contributed by atoms with Crippen LogP contribution in [0.2, 0.25) is 0 Å². The monoisotopic (exact) mass is 216 g/mol. The van der Waals surface area contributed by atoms with E-state index in [2.05, 4.69) is 19.2 Å². The highest BCUT2D eigenvalue weighted by molar-refractivity contribution is 5.15. The van der Waals surface area contributed by atoms with Crippen molar-refractivity contribution in [2.45, 2.75) is 32.9 Å². The lowest BCUT2D eigenvalue weighted by Crippen LogP contribution is -3.00. The molecule has 0 aliphatic rings. The number of benzene rings is 1. The lowest BCUT2D eigenvalue weighted by atomic mass is 10.2. The van der Waals surface area contributed by atoms with E-state index in [-0.39, 0.29) is 18.2 Å². The van der Waals surface area contributed by atoms with Gasteiger partial charge in [-0.25, -0.2) is 4.39 Å². The normalized spacial score (nSPS) is 11.9. The maximum Gasteiger partial charge on any atom is 0.123 e. The van der Waals surface area contributed by atoms with Crippen molar-refractivity contribution in [2.24, 2.45) is 0 Å². The third-order valence-corrected chi connectivity index (χ3v) is 2.18. The van der Waals surface area contributed by atoms with Crippen LogP contribution in [0.5, 0.6) is 0 Å². The first-order valence-electron chi connectivity index (χ1n) is 4.70. The summed E-state index contributed by atoms with van der Waals surface area (Å²) in [4.78, 5) is 0. The Labute approximate surface area is 91.1 Å². The van der Waals surface area contributed by atoms with E-state index in [1.807, 2.05) is 12.1 Å². The van der Waals surface area contributed by atoms with Crippen LogP contribution in [0.15, 0.2) is 24.3 Å². The molecule has 0 radical (unpaired) electrons. The summed E-state index contributed by atoms with van der Waals surface area (Å²) in [7, 11) is 0. The van der Waals surface area contributed by atoms with Gasteiger partial charge in [-0.05, 0) is 31.0 Å². The van der Waals surface area contributed by atoms with Crippen LogP contribution >= 0.6 is 0 Å². The van der Waals surface area contributed by atoms with Gasteiger partial charge < -0.3 is 17.7 Å². The lowest BCUT2D eigenvalue weighted by Gasteiger charge is -2.10. The minimum atomic E-state index is -0.174. The van der Waals surface area contributed by atoms with Crippen LogP contribution in [0.4, 0.5) is 4.39 Å². The molecule has 0 heterocycles. The van der Waals surface area contributed by atoms with Crippen molar-refractivity contribution in [2.75, 3.05) is 0 Å². The van der Waals surface area contributed by atoms with Crippen LogP contribution in [-0.4, -0.2) is 6.04 Å². The highest BCUT2D eigenvalue weighted by Gasteiger charge is 1.97. The van der Waals surface area contributed by atoms with Crippen molar-refractivity contribution in [3.05, 3.63) is 35.6 Å². The number of nitrogens with one attached hydrogen (secondary N) is 1. The molecule has 1 atom stereocenters. The Bertz CT molecular complexity index is 248. The van der Waals surface area contributed by atoms with Crippen LogP contribution in [0.25, 0.3) is 0 Å². The summed E-state index contributed by atoms with van der Waals surface area (Å²) in [6, 6.07) is 7.13. The molecule has 0 bridgehead atoms. The molecule has 0 amide bonds. The molecule has 1 rings (SSSR count). The predicted octanol–water partition coefficient (Wildman–Crippen LogP) is -0.282. The molecule has 1 aromatic rings. The zero-order chi connectivity index (χ0) is 9.68. The van der Waals surface area contributed by atoms with Crippen molar-refractivity contribution < 1.29 is 16.8 Å².